The number of carbonyl (C=O) groups is 2. The Labute approximate surface area is 137 Å². The lowest BCUT2D eigenvalue weighted by Gasteiger charge is -2.12. The average molecular weight is 332 g/mol. The van der Waals surface area contributed by atoms with Crippen molar-refractivity contribution in [2.75, 3.05) is 14.2 Å². The number of aromatic carboxylic acids is 1. The third-order valence-corrected chi connectivity index (χ3v) is 3.13. The van der Waals surface area contributed by atoms with E-state index in [2.05, 4.69) is 15.6 Å². The van der Waals surface area contributed by atoms with E-state index in [-0.39, 0.29) is 22.6 Å². The summed E-state index contributed by atoms with van der Waals surface area (Å²) in [6, 6.07) is 3.06. The number of benzene rings is 1. The first-order valence-corrected chi connectivity index (χ1v) is 6.78. The summed E-state index contributed by atoms with van der Waals surface area (Å²) in [6.07, 6.45) is 4.15. The lowest BCUT2D eigenvalue weighted by molar-refractivity contribution is 0.0692. The smallest absolute Gasteiger partial charge is 0.340 e. The number of rotatable bonds is 6. The molecule has 0 aliphatic heterocycles. The fraction of sp³-hybridized carbons (Fsp3) is 0.200. The Kier molecular flexibility index (Phi) is 5.15. The van der Waals surface area contributed by atoms with Gasteiger partial charge in [-0.2, -0.15) is 10.2 Å². The van der Waals surface area contributed by atoms with Crippen LogP contribution >= 0.6 is 0 Å². The maximum Gasteiger partial charge on any atom is 0.340 e. The summed E-state index contributed by atoms with van der Waals surface area (Å²) < 4.78 is 11.7. The van der Waals surface area contributed by atoms with Crippen molar-refractivity contribution in [3.05, 3.63) is 41.2 Å². The molecule has 9 heteroatoms. The number of ether oxygens (including phenoxy) is 2. The quantitative estimate of drug-likeness (QED) is 0.600. The van der Waals surface area contributed by atoms with E-state index in [4.69, 9.17) is 9.47 Å². The molecule has 2 aromatic rings. The van der Waals surface area contributed by atoms with Gasteiger partial charge in [-0.05, 0) is 12.1 Å². The van der Waals surface area contributed by atoms with Gasteiger partial charge < -0.3 is 14.6 Å². The summed E-state index contributed by atoms with van der Waals surface area (Å²) in [4.78, 5) is 23.3. The van der Waals surface area contributed by atoms with Gasteiger partial charge in [0.25, 0.3) is 5.91 Å². The van der Waals surface area contributed by atoms with Crippen molar-refractivity contribution in [2.45, 2.75) is 0 Å². The van der Waals surface area contributed by atoms with Crippen molar-refractivity contribution in [2.24, 2.45) is 12.1 Å². The van der Waals surface area contributed by atoms with Crippen molar-refractivity contribution in [3.8, 4) is 11.5 Å². The molecule has 1 aromatic carbocycles. The van der Waals surface area contributed by atoms with Crippen molar-refractivity contribution in [1.29, 1.82) is 0 Å². The van der Waals surface area contributed by atoms with Gasteiger partial charge in [0.15, 0.2) is 11.5 Å². The van der Waals surface area contributed by atoms with Crippen LogP contribution in [-0.2, 0) is 7.05 Å². The molecule has 0 radical (unpaired) electrons. The Morgan fingerprint density at radius 3 is 2.62 bits per heavy atom. The summed E-state index contributed by atoms with van der Waals surface area (Å²) in [5.41, 5.74) is 2.78. The molecule has 0 fully saturated rings. The van der Waals surface area contributed by atoms with Crippen molar-refractivity contribution in [3.63, 3.8) is 0 Å². The molecule has 1 aromatic heterocycles. The average Bonchev–Trinajstić information content (AvgIpc) is 3.00. The van der Waals surface area contributed by atoms with Gasteiger partial charge in [-0.1, -0.05) is 0 Å². The molecule has 1 heterocycles. The van der Waals surface area contributed by atoms with Crippen LogP contribution in [0.25, 0.3) is 0 Å². The van der Waals surface area contributed by atoms with Gasteiger partial charge in [0.05, 0.1) is 32.2 Å². The van der Waals surface area contributed by atoms with Gasteiger partial charge in [0, 0.05) is 18.8 Å². The maximum atomic E-state index is 11.9. The second-order valence-corrected chi connectivity index (χ2v) is 4.67. The molecule has 0 saturated heterocycles. The zero-order valence-electron chi connectivity index (χ0n) is 13.3. The number of nitrogens with one attached hydrogen (secondary N) is 1. The fourth-order valence-corrected chi connectivity index (χ4v) is 2.03. The number of methoxy groups -OCH3 is 2. The zero-order valence-corrected chi connectivity index (χ0v) is 13.3. The summed E-state index contributed by atoms with van der Waals surface area (Å²) in [6.45, 7) is 0. The van der Waals surface area contributed by atoms with Gasteiger partial charge >= 0.3 is 5.97 Å². The van der Waals surface area contributed by atoms with E-state index in [1.807, 2.05) is 0 Å². The number of carbonyl (C=O) groups excluding carboxylic acids is 1. The number of aryl methyl sites for hydroxylation is 1. The molecule has 1 amide bonds. The number of hydrazone groups is 1. The first-order valence-electron chi connectivity index (χ1n) is 6.78. The summed E-state index contributed by atoms with van der Waals surface area (Å²) in [5, 5.41) is 17.0. The van der Waals surface area contributed by atoms with Gasteiger partial charge in [0.2, 0.25) is 0 Å². The summed E-state index contributed by atoms with van der Waals surface area (Å²) >= 11 is 0. The number of amides is 1. The van der Waals surface area contributed by atoms with Gasteiger partial charge in [0.1, 0.15) is 5.56 Å². The highest BCUT2D eigenvalue weighted by Crippen LogP contribution is 2.32. The Hall–Kier alpha value is -3.36. The number of aromatic nitrogens is 2. The molecule has 126 valence electrons. The van der Waals surface area contributed by atoms with E-state index in [1.165, 1.54) is 43.6 Å². The number of carboxylic acid groups (broad SMARTS) is 1. The van der Waals surface area contributed by atoms with E-state index in [1.54, 1.807) is 13.1 Å². The maximum absolute atomic E-state index is 11.9. The van der Waals surface area contributed by atoms with Gasteiger partial charge in [-0.25, -0.2) is 10.2 Å². The largest absolute Gasteiger partial charge is 0.493 e. The molecule has 0 unspecified atom stereocenters. The topological polar surface area (TPSA) is 115 Å². The molecule has 0 bridgehead atoms. The molecular formula is C15H16N4O5. The Morgan fingerprint density at radius 2 is 2.08 bits per heavy atom. The number of carboxylic acids is 1. The number of hydrogen-bond donors (Lipinski definition) is 2. The van der Waals surface area contributed by atoms with E-state index in [9.17, 15) is 14.7 Å². The van der Waals surface area contributed by atoms with Crippen LogP contribution in [0.5, 0.6) is 11.5 Å². The predicted octanol–water partition coefficient (Wildman–Crippen LogP) is 0.899. The second kappa shape index (κ2) is 7.27. The van der Waals surface area contributed by atoms with Crippen LogP contribution in [0.1, 0.15) is 26.3 Å². The van der Waals surface area contributed by atoms with Crippen LogP contribution in [0.15, 0.2) is 29.6 Å². The first kappa shape index (κ1) is 17.0. The highest BCUT2D eigenvalue weighted by molar-refractivity contribution is 6.02. The van der Waals surface area contributed by atoms with Crippen LogP contribution in [0.2, 0.25) is 0 Å². The lowest BCUT2D eigenvalue weighted by Crippen LogP contribution is -2.17. The van der Waals surface area contributed by atoms with Crippen LogP contribution in [-0.4, -0.2) is 47.2 Å². The third kappa shape index (κ3) is 3.51. The molecular weight excluding hydrogens is 316 g/mol. The highest BCUT2D eigenvalue weighted by atomic mass is 16.5. The van der Waals surface area contributed by atoms with Gasteiger partial charge in [-0.15, -0.1) is 0 Å². The van der Waals surface area contributed by atoms with Crippen LogP contribution in [0, 0.1) is 0 Å². The molecule has 24 heavy (non-hydrogen) atoms. The first-order chi connectivity index (χ1) is 11.5. The minimum absolute atomic E-state index is 0.0764. The molecule has 2 rings (SSSR count). The zero-order chi connectivity index (χ0) is 17.7. The standard InChI is InChI=1S/C15H16N4O5/c1-19-8-10(7-17-19)14(20)18-16-6-9-4-5-11(23-2)13(24-3)12(9)15(21)22/h4-8H,1-3H3,(H,18,20)(H,21,22)/b16-6+. The van der Waals surface area contributed by atoms with Crippen LogP contribution in [0.3, 0.4) is 0 Å². The summed E-state index contributed by atoms with van der Waals surface area (Å²) in [5.74, 6) is -1.30. The van der Waals surface area contributed by atoms with Crippen molar-refractivity contribution >= 4 is 18.1 Å². The molecule has 0 saturated carbocycles. The molecule has 0 spiro atoms. The van der Waals surface area contributed by atoms with E-state index in [0.717, 1.165) is 0 Å². The molecule has 0 atom stereocenters. The van der Waals surface area contributed by atoms with E-state index < -0.39 is 11.9 Å². The van der Waals surface area contributed by atoms with E-state index in [0.29, 0.717) is 5.56 Å². The van der Waals surface area contributed by atoms with E-state index >= 15 is 0 Å². The minimum atomic E-state index is -1.20. The Balaban J connectivity index is 2.25. The monoisotopic (exact) mass is 332 g/mol. The molecule has 2 N–H and O–H groups in total. The number of nitrogens with zero attached hydrogens (tertiary/aromatic N) is 3. The number of hydrogen-bond acceptors (Lipinski definition) is 6. The van der Waals surface area contributed by atoms with Crippen molar-refractivity contribution < 1.29 is 24.2 Å². The van der Waals surface area contributed by atoms with Crippen LogP contribution < -0.4 is 14.9 Å². The predicted molar refractivity (Wildman–Crippen MR) is 84.8 cm³/mol. The van der Waals surface area contributed by atoms with Gasteiger partial charge in [-0.3, -0.25) is 9.48 Å². The minimum Gasteiger partial charge on any atom is -0.493 e. The second-order valence-electron chi connectivity index (χ2n) is 4.67. The Morgan fingerprint density at radius 1 is 1.33 bits per heavy atom. The summed E-state index contributed by atoms with van der Waals surface area (Å²) in [7, 11) is 4.43. The highest BCUT2D eigenvalue weighted by Gasteiger charge is 2.20. The normalized spacial score (nSPS) is 10.6. The molecule has 9 nitrogen and oxygen atoms in total. The Bertz CT molecular complexity index is 797. The molecule has 0 aliphatic carbocycles. The fourth-order valence-electron chi connectivity index (χ4n) is 2.03. The van der Waals surface area contributed by atoms with Crippen LogP contribution in [0.4, 0.5) is 0 Å². The SMILES string of the molecule is COc1ccc(/C=N/NC(=O)c2cnn(C)c2)c(C(=O)O)c1OC. The molecule has 0 aliphatic rings. The van der Waals surface area contributed by atoms with Crippen molar-refractivity contribution in [1.82, 2.24) is 15.2 Å². The third-order valence-electron chi connectivity index (χ3n) is 3.13. The lowest BCUT2D eigenvalue weighted by atomic mass is 10.1.